The summed E-state index contributed by atoms with van der Waals surface area (Å²) >= 11 is 0. The topological polar surface area (TPSA) is 54.3 Å². The molecule has 0 aliphatic carbocycles. The van der Waals surface area contributed by atoms with E-state index in [9.17, 15) is 4.79 Å². The van der Waals surface area contributed by atoms with Crippen LogP contribution in [-0.4, -0.2) is 62.5 Å². The van der Waals surface area contributed by atoms with Gasteiger partial charge in [0.25, 0.3) is 5.91 Å². The maximum absolute atomic E-state index is 12.6. The van der Waals surface area contributed by atoms with E-state index in [4.69, 9.17) is 0 Å². The van der Waals surface area contributed by atoms with Gasteiger partial charge in [-0.15, -0.1) is 0 Å². The third-order valence-electron chi connectivity index (χ3n) is 5.73. The number of imidazole rings is 1. The Labute approximate surface area is 154 Å². The summed E-state index contributed by atoms with van der Waals surface area (Å²) < 4.78 is 2.20. The largest absolute Gasteiger partial charge is 0.337 e. The van der Waals surface area contributed by atoms with Crippen LogP contribution < -0.4 is 0 Å². The fourth-order valence-corrected chi connectivity index (χ4v) is 4.36. The smallest absolute Gasteiger partial charge is 0.272 e. The highest BCUT2D eigenvalue weighted by atomic mass is 16.2. The van der Waals surface area contributed by atoms with Crippen LogP contribution in [0.15, 0.2) is 43.1 Å². The summed E-state index contributed by atoms with van der Waals surface area (Å²) in [5.74, 6) is 0.770. The van der Waals surface area contributed by atoms with Gasteiger partial charge in [-0.1, -0.05) is 6.07 Å². The van der Waals surface area contributed by atoms with Gasteiger partial charge in [-0.2, -0.15) is 0 Å². The zero-order chi connectivity index (χ0) is 17.8. The molecule has 2 aliphatic heterocycles. The highest BCUT2D eigenvalue weighted by Gasteiger charge is 2.30. The molecule has 2 aliphatic rings. The Hall–Kier alpha value is -2.21. The Kier molecular flexibility index (Phi) is 5.29. The highest BCUT2D eigenvalue weighted by Crippen LogP contribution is 2.25. The van der Waals surface area contributed by atoms with Crippen molar-refractivity contribution in [3.8, 4) is 0 Å². The van der Waals surface area contributed by atoms with Crippen LogP contribution in [0.5, 0.6) is 0 Å². The number of carbonyl (C=O) groups excluding carboxylic acids is 1. The predicted molar refractivity (Wildman–Crippen MR) is 99.7 cm³/mol. The van der Waals surface area contributed by atoms with Gasteiger partial charge in [0, 0.05) is 50.8 Å². The average Bonchev–Trinajstić information content (AvgIpc) is 3.21. The van der Waals surface area contributed by atoms with E-state index in [1.807, 2.05) is 29.6 Å². The quantitative estimate of drug-likeness (QED) is 0.846. The van der Waals surface area contributed by atoms with Gasteiger partial charge in [-0.3, -0.25) is 14.7 Å². The number of aromatic nitrogens is 3. The number of piperidine rings is 2. The van der Waals surface area contributed by atoms with Gasteiger partial charge < -0.3 is 9.47 Å². The maximum atomic E-state index is 12.6. The summed E-state index contributed by atoms with van der Waals surface area (Å²) in [6.45, 7) is 5.09. The molecule has 1 amide bonds. The fraction of sp³-hybridized carbons (Fsp3) is 0.550. The molecule has 0 saturated carbocycles. The van der Waals surface area contributed by atoms with Gasteiger partial charge in [0.05, 0.1) is 6.33 Å². The molecular formula is C20H27N5O. The fourth-order valence-electron chi connectivity index (χ4n) is 4.36. The lowest BCUT2D eigenvalue weighted by Crippen LogP contribution is -2.50. The van der Waals surface area contributed by atoms with Gasteiger partial charge in [0.2, 0.25) is 0 Å². The van der Waals surface area contributed by atoms with Crippen molar-refractivity contribution >= 4 is 5.91 Å². The first kappa shape index (κ1) is 17.2. The number of hydrogen-bond donors (Lipinski definition) is 0. The van der Waals surface area contributed by atoms with Crippen LogP contribution in [0.2, 0.25) is 0 Å². The maximum Gasteiger partial charge on any atom is 0.272 e. The van der Waals surface area contributed by atoms with Crippen LogP contribution in [0.4, 0.5) is 0 Å². The second-order valence-corrected chi connectivity index (χ2v) is 7.50. The zero-order valence-electron chi connectivity index (χ0n) is 15.2. The van der Waals surface area contributed by atoms with E-state index >= 15 is 0 Å². The van der Waals surface area contributed by atoms with E-state index < -0.39 is 0 Å². The van der Waals surface area contributed by atoms with Crippen LogP contribution in [0, 0.1) is 5.92 Å². The SMILES string of the molecule is O=C(c1ccccn1)N1CCC(N2CCC[C@@H](Cn3ccnc3)C2)CC1. The molecule has 2 saturated heterocycles. The molecule has 0 unspecified atom stereocenters. The Morgan fingerprint density at radius 1 is 1.12 bits per heavy atom. The van der Waals surface area contributed by atoms with Crippen LogP contribution in [0.1, 0.15) is 36.2 Å². The molecule has 0 aromatic carbocycles. The molecule has 4 heterocycles. The molecule has 1 atom stereocenters. The number of amides is 1. The lowest BCUT2D eigenvalue weighted by atomic mass is 9.93. The monoisotopic (exact) mass is 353 g/mol. The van der Waals surface area contributed by atoms with Crippen molar-refractivity contribution in [2.45, 2.75) is 38.3 Å². The molecule has 138 valence electrons. The Morgan fingerprint density at radius 2 is 2.00 bits per heavy atom. The lowest BCUT2D eigenvalue weighted by molar-refractivity contribution is 0.0509. The zero-order valence-corrected chi connectivity index (χ0v) is 15.2. The summed E-state index contributed by atoms with van der Waals surface area (Å²) in [7, 11) is 0. The van der Waals surface area contributed by atoms with Crippen LogP contribution in [0.3, 0.4) is 0 Å². The summed E-state index contributed by atoms with van der Waals surface area (Å²) in [6, 6.07) is 6.13. The van der Waals surface area contributed by atoms with Crippen molar-refractivity contribution in [1.29, 1.82) is 0 Å². The molecule has 6 heteroatoms. The second kappa shape index (κ2) is 7.99. The van der Waals surface area contributed by atoms with Gasteiger partial charge in [0.15, 0.2) is 0 Å². The molecule has 2 aromatic heterocycles. The normalized spacial score (nSPS) is 22.5. The summed E-state index contributed by atoms with van der Waals surface area (Å²) in [5, 5.41) is 0. The Balaban J connectivity index is 1.29. The molecule has 2 aromatic rings. The van der Waals surface area contributed by atoms with Gasteiger partial charge in [-0.05, 0) is 50.3 Å². The summed E-state index contributed by atoms with van der Waals surface area (Å²) in [4.78, 5) is 25.5. The molecule has 0 bridgehead atoms. The number of nitrogens with zero attached hydrogens (tertiary/aromatic N) is 5. The third-order valence-corrected chi connectivity index (χ3v) is 5.73. The molecular weight excluding hydrogens is 326 g/mol. The van der Waals surface area contributed by atoms with E-state index in [0.717, 1.165) is 39.0 Å². The summed E-state index contributed by atoms with van der Waals surface area (Å²) in [6.07, 6.45) is 12.2. The number of hydrogen-bond acceptors (Lipinski definition) is 4. The van der Waals surface area contributed by atoms with Crippen molar-refractivity contribution in [3.63, 3.8) is 0 Å². The number of carbonyl (C=O) groups is 1. The van der Waals surface area contributed by atoms with Crippen LogP contribution in [0.25, 0.3) is 0 Å². The van der Waals surface area contributed by atoms with E-state index in [1.165, 1.54) is 19.4 Å². The van der Waals surface area contributed by atoms with Crippen molar-refractivity contribution in [2.24, 2.45) is 5.92 Å². The first-order valence-corrected chi connectivity index (χ1v) is 9.69. The highest BCUT2D eigenvalue weighted by molar-refractivity contribution is 5.92. The molecule has 6 nitrogen and oxygen atoms in total. The molecule has 26 heavy (non-hydrogen) atoms. The van der Waals surface area contributed by atoms with E-state index in [2.05, 4.69) is 25.6 Å². The van der Waals surface area contributed by atoms with Crippen molar-refractivity contribution in [3.05, 3.63) is 48.8 Å². The summed E-state index contributed by atoms with van der Waals surface area (Å²) in [5.41, 5.74) is 0.560. The third kappa shape index (κ3) is 3.96. The molecule has 0 radical (unpaired) electrons. The van der Waals surface area contributed by atoms with Crippen molar-refractivity contribution in [1.82, 2.24) is 24.3 Å². The second-order valence-electron chi connectivity index (χ2n) is 7.50. The standard InChI is InChI=1S/C20H27N5O/c26-20(19-5-1-2-8-22-19)24-11-6-18(7-12-24)25-10-3-4-17(15-25)14-23-13-9-21-16-23/h1-2,5,8-9,13,16-18H,3-4,6-7,10-12,14-15H2/t17-/m0/s1. The molecule has 0 spiro atoms. The first-order valence-electron chi connectivity index (χ1n) is 9.69. The minimum atomic E-state index is 0.0701. The predicted octanol–water partition coefficient (Wildman–Crippen LogP) is 2.29. The number of pyridine rings is 1. The first-order chi connectivity index (χ1) is 12.8. The van der Waals surface area contributed by atoms with Gasteiger partial charge in [0.1, 0.15) is 5.69 Å². The molecule has 4 rings (SSSR count). The minimum Gasteiger partial charge on any atom is -0.337 e. The Morgan fingerprint density at radius 3 is 2.73 bits per heavy atom. The van der Waals surface area contributed by atoms with Gasteiger partial charge in [-0.25, -0.2) is 4.98 Å². The Bertz CT molecular complexity index is 694. The lowest BCUT2D eigenvalue weighted by Gasteiger charge is -2.42. The minimum absolute atomic E-state index is 0.0701. The van der Waals surface area contributed by atoms with Gasteiger partial charge >= 0.3 is 0 Å². The van der Waals surface area contributed by atoms with Crippen LogP contribution >= 0.6 is 0 Å². The average molecular weight is 353 g/mol. The van der Waals surface area contributed by atoms with Crippen molar-refractivity contribution < 1.29 is 4.79 Å². The van der Waals surface area contributed by atoms with Crippen LogP contribution in [-0.2, 0) is 6.54 Å². The van der Waals surface area contributed by atoms with E-state index in [-0.39, 0.29) is 5.91 Å². The van der Waals surface area contributed by atoms with Crippen molar-refractivity contribution in [2.75, 3.05) is 26.2 Å². The molecule has 0 N–H and O–H groups in total. The van der Waals surface area contributed by atoms with E-state index in [0.29, 0.717) is 17.7 Å². The number of rotatable bonds is 4. The molecule has 2 fully saturated rings. The van der Waals surface area contributed by atoms with E-state index in [1.54, 1.807) is 12.3 Å². The number of likely N-dealkylation sites (tertiary alicyclic amines) is 2.